The fourth-order valence-electron chi connectivity index (χ4n) is 4.32. The summed E-state index contributed by atoms with van der Waals surface area (Å²) in [5.41, 5.74) is 0.788. The number of carbonyl (C=O) groups is 2. The third kappa shape index (κ3) is 5.58. The van der Waals surface area contributed by atoms with Crippen LogP contribution in [0.4, 0.5) is 4.39 Å². The Balaban J connectivity index is 1.55. The molecule has 6 nitrogen and oxygen atoms in total. The van der Waals surface area contributed by atoms with E-state index in [2.05, 4.69) is 4.98 Å². The van der Waals surface area contributed by atoms with Gasteiger partial charge in [-0.25, -0.2) is 9.37 Å². The SMILES string of the molecule is C[C@H](C(=O)N(C)CC(O)(Cn1ccnc1)c1ccc(F)cc1)c1cccc(C(=O)c2ccccc2)c1. The second-order valence-electron chi connectivity index (χ2n) is 9.01. The van der Waals surface area contributed by atoms with E-state index in [1.165, 1.54) is 29.2 Å². The van der Waals surface area contributed by atoms with Gasteiger partial charge in [-0.15, -0.1) is 0 Å². The Hall–Kier alpha value is -4.10. The Labute approximate surface area is 209 Å². The Morgan fingerprint density at radius 2 is 1.72 bits per heavy atom. The first-order chi connectivity index (χ1) is 17.3. The molecular weight excluding hydrogens is 457 g/mol. The van der Waals surface area contributed by atoms with Crippen LogP contribution in [-0.4, -0.2) is 44.8 Å². The van der Waals surface area contributed by atoms with Gasteiger partial charge in [0.2, 0.25) is 5.91 Å². The first-order valence-corrected chi connectivity index (χ1v) is 11.7. The first-order valence-electron chi connectivity index (χ1n) is 11.7. The number of likely N-dealkylation sites (N-methyl/N-ethyl adjacent to an activating group) is 1. The summed E-state index contributed by atoms with van der Waals surface area (Å²) in [6.45, 7) is 1.88. The van der Waals surface area contributed by atoms with Crippen LogP contribution >= 0.6 is 0 Å². The van der Waals surface area contributed by atoms with Crippen molar-refractivity contribution < 1.29 is 19.1 Å². The van der Waals surface area contributed by atoms with Crippen LogP contribution in [0.15, 0.2) is 97.6 Å². The minimum absolute atomic E-state index is 0.0252. The van der Waals surface area contributed by atoms with Crippen molar-refractivity contribution in [2.24, 2.45) is 0 Å². The highest BCUT2D eigenvalue weighted by atomic mass is 19.1. The summed E-state index contributed by atoms with van der Waals surface area (Å²) in [6, 6.07) is 21.7. The second kappa shape index (κ2) is 10.7. The van der Waals surface area contributed by atoms with Crippen LogP contribution in [-0.2, 0) is 16.9 Å². The molecule has 0 saturated heterocycles. The topological polar surface area (TPSA) is 75.4 Å². The van der Waals surface area contributed by atoms with Crippen molar-refractivity contribution in [3.05, 3.63) is 126 Å². The second-order valence-corrected chi connectivity index (χ2v) is 9.01. The lowest BCUT2D eigenvalue weighted by molar-refractivity contribution is -0.135. The highest BCUT2D eigenvalue weighted by molar-refractivity contribution is 6.09. The molecule has 4 aromatic rings. The molecule has 0 aliphatic rings. The van der Waals surface area contributed by atoms with Crippen LogP contribution in [0.3, 0.4) is 0 Å². The molecule has 0 saturated carbocycles. The molecule has 2 atom stereocenters. The van der Waals surface area contributed by atoms with Crippen LogP contribution in [0.5, 0.6) is 0 Å². The van der Waals surface area contributed by atoms with Gasteiger partial charge in [-0.1, -0.05) is 60.7 Å². The number of halogens is 1. The summed E-state index contributed by atoms with van der Waals surface area (Å²) in [6.07, 6.45) is 4.90. The lowest BCUT2D eigenvalue weighted by Gasteiger charge is -2.34. The van der Waals surface area contributed by atoms with Crippen LogP contribution < -0.4 is 0 Å². The lowest BCUT2D eigenvalue weighted by Crippen LogP contribution is -2.45. The molecule has 0 aliphatic heterocycles. The van der Waals surface area contributed by atoms with Crippen molar-refractivity contribution >= 4 is 11.7 Å². The summed E-state index contributed by atoms with van der Waals surface area (Å²) in [5.74, 6) is -1.29. The average molecular weight is 486 g/mol. The quantitative estimate of drug-likeness (QED) is 0.357. The van der Waals surface area contributed by atoms with E-state index in [0.29, 0.717) is 22.3 Å². The molecule has 0 radical (unpaired) electrons. The number of benzene rings is 3. The predicted molar refractivity (Wildman–Crippen MR) is 135 cm³/mol. The van der Waals surface area contributed by atoms with E-state index in [-0.39, 0.29) is 24.8 Å². The summed E-state index contributed by atoms with van der Waals surface area (Å²) < 4.78 is 15.3. The maximum Gasteiger partial charge on any atom is 0.229 e. The molecular formula is C29H28FN3O3. The molecule has 4 rings (SSSR count). The predicted octanol–water partition coefficient (Wildman–Crippen LogP) is 4.40. The van der Waals surface area contributed by atoms with Gasteiger partial charge in [0.1, 0.15) is 11.4 Å². The summed E-state index contributed by atoms with van der Waals surface area (Å²) in [4.78, 5) is 31.8. The van der Waals surface area contributed by atoms with E-state index in [1.54, 1.807) is 67.6 Å². The molecule has 1 aromatic heterocycles. The number of imidazole rings is 1. The number of ketones is 1. The standard InChI is InChI=1S/C29H28FN3O3/c1-21(23-9-6-10-24(17-23)27(34)22-7-4-3-5-8-22)28(35)32(2)18-29(36,19-33-16-15-31-20-33)25-11-13-26(30)14-12-25/h3-17,20-21,36H,18-19H2,1-2H3/t21-,29?/m0/s1. The molecule has 184 valence electrons. The van der Waals surface area contributed by atoms with Crippen molar-refractivity contribution in [3.63, 3.8) is 0 Å². The highest BCUT2D eigenvalue weighted by Crippen LogP contribution is 2.27. The van der Waals surface area contributed by atoms with E-state index in [1.807, 2.05) is 24.3 Å². The molecule has 1 heterocycles. The molecule has 7 heteroatoms. The molecule has 0 bridgehead atoms. The molecule has 0 fully saturated rings. The summed E-state index contributed by atoms with van der Waals surface area (Å²) in [5, 5.41) is 11.7. The maximum absolute atomic E-state index is 13.5. The Kier molecular flexibility index (Phi) is 7.41. The number of nitrogens with zero attached hydrogens (tertiary/aromatic N) is 3. The van der Waals surface area contributed by atoms with Gasteiger partial charge in [-0.05, 0) is 36.2 Å². The molecule has 36 heavy (non-hydrogen) atoms. The van der Waals surface area contributed by atoms with Crippen molar-refractivity contribution in [3.8, 4) is 0 Å². The highest BCUT2D eigenvalue weighted by Gasteiger charge is 2.34. The fraction of sp³-hybridized carbons (Fsp3) is 0.207. The molecule has 0 spiro atoms. The zero-order chi connectivity index (χ0) is 25.7. The lowest BCUT2D eigenvalue weighted by atomic mass is 9.91. The van der Waals surface area contributed by atoms with Crippen LogP contribution in [0.2, 0.25) is 0 Å². The van der Waals surface area contributed by atoms with Gasteiger partial charge in [-0.3, -0.25) is 9.59 Å². The zero-order valence-corrected chi connectivity index (χ0v) is 20.2. The van der Waals surface area contributed by atoms with Gasteiger partial charge in [-0.2, -0.15) is 0 Å². The van der Waals surface area contributed by atoms with Crippen LogP contribution in [0.25, 0.3) is 0 Å². The largest absolute Gasteiger partial charge is 0.381 e. The number of hydrogen-bond acceptors (Lipinski definition) is 4. The van der Waals surface area contributed by atoms with Crippen molar-refractivity contribution in [2.75, 3.05) is 13.6 Å². The number of rotatable bonds is 9. The van der Waals surface area contributed by atoms with E-state index in [9.17, 15) is 19.1 Å². The minimum Gasteiger partial charge on any atom is -0.381 e. The summed E-state index contributed by atoms with van der Waals surface area (Å²) >= 11 is 0. The Bertz CT molecular complexity index is 1320. The molecule has 1 N–H and O–H groups in total. The third-order valence-electron chi connectivity index (χ3n) is 6.32. The van der Waals surface area contributed by atoms with E-state index < -0.39 is 17.3 Å². The van der Waals surface area contributed by atoms with Crippen LogP contribution in [0, 0.1) is 5.82 Å². The zero-order valence-electron chi connectivity index (χ0n) is 20.2. The number of amides is 1. The van der Waals surface area contributed by atoms with E-state index >= 15 is 0 Å². The average Bonchev–Trinajstić information content (AvgIpc) is 3.41. The summed E-state index contributed by atoms with van der Waals surface area (Å²) in [7, 11) is 1.63. The van der Waals surface area contributed by atoms with Gasteiger partial charge in [0.15, 0.2) is 5.78 Å². The van der Waals surface area contributed by atoms with Gasteiger partial charge >= 0.3 is 0 Å². The van der Waals surface area contributed by atoms with Crippen molar-refractivity contribution in [2.45, 2.75) is 25.0 Å². The molecule has 1 amide bonds. The number of aromatic nitrogens is 2. The molecule has 1 unspecified atom stereocenters. The smallest absolute Gasteiger partial charge is 0.229 e. The van der Waals surface area contributed by atoms with Gasteiger partial charge in [0.05, 0.1) is 25.3 Å². The Morgan fingerprint density at radius 3 is 2.39 bits per heavy atom. The molecule has 3 aromatic carbocycles. The molecule has 0 aliphatic carbocycles. The normalized spacial score (nSPS) is 13.6. The van der Waals surface area contributed by atoms with Gasteiger partial charge in [0, 0.05) is 30.6 Å². The van der Waals surface area contributed by atoms with E-state index in [4.69, 9.17) is 0 Å². The monoisotopic (exact) mass is 485 g/mol. The number of carbonyl (C=O) groups excluding carboxylic acids is 2. The minimum atomic E-state index is -1.48. The van der Waals surface area contributed by atoms with Gasteiger partial charge in [0.25, 0.3) is 0 Å². The number of hydrogen-bond donors (Lipinski definition) is 1. The first kappa shape index (κ1) is 25.0. The van der Waals surface area contributed by atoms with Crippen LogP contribution in [0.1, 0.15) is 39.9 Å². The number of aliphatic hydroxyl groups is 1. The van der Waals surface area contributed by atoms with E-state index in [0.717, 1.165) is 0 Å². The van der Waals surface area contributed by atoms with Crippen molar-refractivity contribution in [1.82, 2.24) is 14.5 Å². The maximum atomic E-state index is 13.5. The third-order valence-corrected chi connectivity index (χ3v) is 6.32. The van der Waals surface area contributed by atoms with Gasteiger partial charge < -0.3 is 14.6 Å². The van der Waals surface area contributed by atoms with Crippen molar-refractivity contribution in [1.29, 1.82) is 0 Å². The fourth-order valence-corrected chi connectivity index (χ4v) is 4.32. The Morgan fingerprint density at radius 1 is 1.03 bits per heavy atom.